The van der Waals surface area contributed by atoms with E-state index < -0.39 is 0 Å². The molecule has 27 heavy (non-hydrogen) atoms. The molecule has 4 heterocycles. The number of imidazole rings is 1. The number of likely N-dealkylation sites (N-methyl/N-ethyl adjacent to an activating group) is 1. The van der Waals surface area contributed by atoms with Crippen LogP contribution in [0.3, 0.4) is 0 Å². The molecule has 134 valence electrons. The molecule has 0 aliphatic carbocycles. The third-order valence-corrected chi connectivity index (χ3v) is 5.21. The molecule has 1 aromatic carbocycles. The zero-order chi connectivity index (χ0) is 18.4. The van der Waals surface area contributed by atoms with Crippen LogP contribution in [0.25, 0.3) is 28.1 Å². The van der Waals surface area contributed by atoms with E-state index >= 15 is 0 Å². The number of aromatic nitrogens is 5. The SMILES string of the molecule is CN1CC=Cc2c1ccc1c2nc(CCc2ncc3ncccc3n2)n1C. The first-order valence-electron chi connectivity index (χ1n) is 9.13. The Kier molecular flexibility index (Phi) is 3.63. The van der Waals surface area contributed by atoms with Crippen molar-refractivity contribution in [3.63, 3.8) is 0 Å². The van der Waals surface area contributed by atoms with Gasteiger partial charge >= 0.3 is 0 Å². The fourth-order valence-corrected chi connectivity index (χ4v) is 3.72. The Morgan fingerprint density at radius 2 is 1.93 bits per heavy atom. The number of pyridine rings is 1. The maximum atomic E-state index is 4.95. The molecule has 0 amide bonds. The topological polar surface area (TPSA) is 59.7 Å². The molecule has 0 N–H and O–H groups in total. The van der Waals surface area contributed by atoms with Gasteiger partial charge in [0, 0.05) is 50.9 Å². The minimum Gasteiger partial charge on any atom is -0.370 e. The van der Waals surface area contributed by atoms with Crippen LogP contribution in [0.15, 0.2) is 42.7 Å². The van der Waals surface area contributed by atoms with Gasteiger partial charge in [-0.2, -0.15) is 0 Å². The quantitative estimate of drug-likeness (QED) is 0.564. The zero-order valence-corrected chi connectivity index (χ0v) is 15.4. The van der Waals surface area contributed by atoms with Crippen LogP contribution in [-0.4, -0.2) is 38.1 Å². The molecule has 0 spiro atoms. The monoisotopic (exact) mass is 356 g/mol. The van der Waals surface area contributed by atoms with Crippen molar-refractivity contribution in [1.29, 1.82) is 0 Å². The van der Waals surface area contributed by atoms with Crippen molar-refractivity contribution in [1.82, 2.24) is 24.5 Å². The fourth-order valence-electron chi connectivity index (χ4n) is 3.72. The maximum absolute atomic E-state index is 4.95. The summed E-state index contributed by atoms with van der Waals surface area (Å²) in [4.78, 5) is 20.6. The van der Waals surface area contributed by atoms with Crippen LogP contribution in [-0.2, 0) is 19.9 Å². The van der Waals surface area contributed by atoms with Gasteiger partial charge in [0.15, 0.2) is 0 Å². The van der Waals surface area contributed by atoms with Crippen molar-refractivity contribution in [2.45, 2.75) is 12.8 Å². The number of anilines is 1. The Bertz CT molecular complexity index is 1190. The van der Waals surface area contributed by atoms with Crippen LogP contribution in [0.5, 0.6) is 0 Å². The molecule has 1 aliphatic heterocycles. The highest BCUT2D eigenvalue weighted by Gasteiger charge is 2.17. The van der Waals surface area contributed by atoms with Crippen molar-refractivity contribution < 1.29 is 0 Å². The molecule has 0 radical (unpaired) electrons. The first-order chi connectivity index (χ1) is 13.2. The van der Waals surface area contributed by atoms with Gasteiger partial charge in [0.2, 0.25) is 0 Å². The standard InChI is InChI=1S/C21H20N6/c1-26-12-4-5-14-17(26)7-8-18-21(14)25-20(27(18)2)10-9-19-23-13-16-15(24-19)6-3-11-22-16/h3-8,11,13H,9-10,12H2,1-2H3. The molecule has 5 rings (SSSR count). The van der Waals surface area contributed by atoms with Crippen LogP contribution in [0.4, 0.5) is 5.69 Å². The summed E-state index contributed by atoms with van der Waals surface area (Å²) < 4.78 is 2.18. The van der Waals surface area contributed by atoms with Gasteiger partial charge in [0.25, 0.3) is 0 Å². The third-order valence-electron chi connectivity index (χ3n) is 5.21. The summed E-state index contributed by atoms with van der Waals surface area (Å²) in [6.45, 7) is 0.937. The highest BCUT2D eigenvalue weighted by molar-refractivity contribution is 5.93. The normalized spacial score (nSPS) is 13.5. The van der Waals surface area contributed by atoms with Gasteiger partial charge in [0.1, 0.15) is 17.2 Å². The predicted octanol–water partition coefficient (Wildman–Crippen LogP) is 3.16. The largest absolute Gasteiger partial charge is 0.370 e. The van der Waals surface area contributed by atoms with Crippen molar-refractivity contribution in [2.24, 2.45) is 7.05 Å². The lowest BCUT2D eigenvalue weighted by Gasteiger charge is -2.23. The van der Waals surface area contributed by atoms with E-state index in [1.54, 1.807) is 12.4 Å². The van der Waals surface area contributed by atoms with Gasteiger partial charge in [0.05, 0.1) is 22.7 Å². The number of fused-ring (bicyclic) bond motifs is 4. The maximum Gasteiger partial charge on any atom is 0.129 e. The van der Waals surface area contributed by atoms with Crippen LogP contribution >= 0.6 is 0 Å². The zero-order valence-electron chi connectivity index (χ0n) is 15.4. The molecular formula is C21H20N6. The lowest BCUT2D eigenvalue weighted by atomic mass is 10.1. The highest BCUT2D eigenvalue weighted by Crippen LogP contribution is 2.32. The molecule has 0 saturated carbocycles. The Morgan fingerprint density at radius 3 is 2.85 bits per heavy atom. The third kappa shape index (κ3) is 2.65. The molecule has 0 atom stereocenters. The van der Waals surface area contributed by atoms with Gasteiger partial charge < -0.3 is 9.47 Å². The highest BCUT2D eigenvalue weighted by atomic mass is 15.1. The molecule has 0 unspecified atom stereocenters. The second-order valence-electron chi connectivity index (χ2n) is 6.93. The lowest BCUT2D eigenvalue weighted by molar-refractivity contribution is 0.762. The molecular weight excluding hydrogens is 336 g/mol. The van der Waals surface area contributed by atoms with Crippen LogP contribution < -0.4 is 4.90 Å². The number of nitrogens with zero attached hydrogens (tertiary/aromatic N) is 6. The fraction of sp³-hybridized carbons (Fsp3) is 0.238. The van der Waals surface area contributed by atoms with Crippen LogP contribution in [0, 0.1) is 0 Å². The Hall–Kier alpha value is -3.28. The Labute approximate surface area is 157 Å². The summed E-state index contributed by atoms with van der Waals surface area (Å²) in [6, 6.07) is 8.22. The molecule has 6 nitrogen and oxygen atoms in total. The summed E-state index contributed by atoms with van der Waals surface area (Å²) in [5, 5.41) is 0. The van der Waals surface area contributed by atoms with E-state index in [0.717, 1.165) is 53.1 Å². The lowest BCUT2D eigenvalue weighted by Crippen LogP contribution is -2.20. The van der Waals surface area contributed by atoms with Gasteiger partial charge in [-0.1, -0.05) is 12.2 Å². The summed E-state index contributed by atoms with van der Waals surface area (Å²) in [5.41, 5.74) is 6.38. The number of hydrogen-bond donors (Lipinski definition) is 0. The molecule has 0 saturated heterocycles. The second kappa shape index (κ2) is 6.16. The molecule has 0 fully saturated rings. The predicted molar refractivity (Wildman–Crippen MR) is 108 cm³/mol. The van der Waals surface area contributed by atoms with E-state index in [0.29, 0.717) is 0 Å². The summed E-state index contributed by atoms with van der Waals surface area (Å²) >= 11 is 0. The first kappa shape index (κ1) is 15.9. The van der Waals surface area contributed by atoms with Crippen LogP contribution in [0.1, 0.15) is 17.2 Å². The molecule has 1 aliphatic rings. The molecule has 0 bridgehead atoms. The van der Waals surface area contributed by atoms with E-state index in [9.17, 15) is 0 Å². The minimum absolute atomic E-state index is 0.750. The second-order valence-corrected chi connectivity index (χ2v) is 6.93. The van der Waals surface area contributed by atoms with Crippen molar-refractivity contribution in [3.8, 4) is 0 Å². The smallest absolute Gasteiger partial charge is 0.129 e. The van der Waals surface area contributed by atoms with Crippen LogP contribution in [0.2, 0.25) is 0 Å². The minimum atomic E-state index is 0.750. The van der Waals surface area contributed by atoms with Gasteiger partial charge in [-0.15, -0.1) is 0 Å². The van der Waals surface area contributed by atoms with Crippen molar-refractivity contribution in [3.05, 3.63) is 59.9 Å². The first-order valence-corrected chi connectivity index (χ1v) is 9.13. The van der Waals surface area contributed by atoms with E-state index in [1.807, 2.05) is 12.1 Å². The average Bonchev–Trinajstić information content (AvgIpc) is 3.03. The Morgan fingerprint density at radius 1 is 1.00 bits per heavy atom. The molecule has 4 aromatic rings. The van der Waals surface area contributed by atoms with E-state index in [-0.39, 0.29) is 0 Å². The van der Waals surface area contributed by atoms with Gasteiger partial charge in [-0.3, -0.25) is 4.98 Å². The van der Waals surface area contributed by atoms with Gasteiger partial charge in [-0.05, 0) is 24.3 Å². The van der Waals surface area contributed by atoms with E-state index in [4.69, 9.17) is 4.98 Å². The number of benzene rings is 1. The summed E-state index contributed by atoms with van der Waals surface area (Å²) in [7, 11) is 4.20. The van der Waals surface area contributed by atoms with Crippen molar-refractivity contribution in [2.75, 3.05) is 18.5 Å². The summed E-state index contributed by atoms with van der Waals surface area (Å²) in [6.07, 6.45) is 9.48. The molecule has 6 heteroatoms. The summed E-state index contributed by atoms with van der Waals surface area (Å²) in [5.74, 6) is 1.87. The van der Waals surface area contributed by atoms with E-state index in [1.165, 1.54) is 11.3 Å². The molecule has 3 aromatic heterocycles. The van der Waals surface area contributed by atoms with E-state index in [2.05, 4.69) is 62.8 Å². The average molecular weight is 356 g/mol. The van der Waals surface area contributed by atoms with Gasteiger partial charge in [-0.25, -0.2) is 15.0 Å². The number of aryl methyl sites for hydroxylation is 3. The Balaban J connectivity index is 1.48. The number of rotatable bonds is 3. The van der Waals surface area contributed by atoms with Crippen molar-refractivity contribution >= 4 is 33.8 Å². The number of hydrogen-bond acceptors (Lipinski definition) is 5.